The summed E-state index contributed by atoms with van der Waals surface area (Å²) in [6.45, 7) is 0. The van der Waals surface area contributed by atoms with E-state index in [9.17, 15) is 13.2 Å². The Labute approximate surface area is 142 Å². The van der Waals surface area contributed by atoms with Crippen LogP contribution in [0.15, 0.2) is 48.5 Å². The summed E-state index contributed by atoms with van der Waals surface area (Å²) in [6, 6.07) is 14.7. The molecule has 2 aromatic rings. The summed E-state index contributed by atoms with van der Waals surface area (Å²) in [5.74, 6) is -0.200. The first-order chi connectivity index (χ1) is 11.4. The monoisotopic (exact) mass is 344 g/mol. The van der Waals surface area contributed by atoms with Gasteiger partial charge in [0.25, 0.3) is 5.91 Å². The van der Waals surface area contributed by atoms with Crippen LogP contribution in [0.1, 0.15) is 40.4 Å². The molecule has 0 bridgehead atoms. The Morgan fingerprint density at radius 1 is 1.12 bits per heavy atom. The molecule has 3 rings (SSSR count). The number of aryl methyl sites for hydroxylation is 1. The lowest BCUT2D eigenvalue weighted by atomic mass is 9.87. The third-order valence-electron chi connectivity index (χ3n) is 4.10. The normalized spacial score (nSPS) is 17.0. The third-order valence-corrected chi connectivity index (χ3v) is 4.71. The topological polar surface area (TPSA) is 75.3 Å². The Morgan fingerprint density at radius 3 is 2.71 bits per heavy atom. The van der Waals surface area contributed by atoms with Gasteiger partial charge in [0, 0.05) is 11.3 Å². The van der Waals surface area contributed by atoms with Gasteiger partial charge in [0.15, 0.2) is 0 Å². The van der Waals surface area contributed by atoms with Crippen LogP contribution >= 0.6 is 0 Å². The van der Waals surface area contributed by atoms with Crippen LogP contribution in [0.4, 0.5) is 5.69 Å². The summed E-state index contributed by atoms with van der Waals surface area (Å²) in [6.07, 6.45) is 4.07. The van der Waals surface area contributed by atoms with Gasteiger partial charge >= 0.3 is 0 Å². The summed E-state index contributed by atoms with van der Waals surface area (Å²) in [7, 11) is -3.37. The maximum Gasteiger partial charge on any atom is 0.251 e. The molecule has 6 heteroatoms. The van der Waals surface area contributed by atoms with Crippen molar-refractivity contribution >= 4 is 21.6 Å². The molecule has 126 valence electrons. The molecule has 0 heterocycles. The van der Waals surface area contributed by atoms with Gasteiger partial charge in [-0.05, 0) is 48.6 Å². The van der Waals surface area contributed by atoms with Crippen molar-refractivity contribution in [3.8, 4) is 0 Å². The highest BCUT2D eigenvalue weighted by molar-refractivity contribution is 7.92. The molecular formula is C18H20N2O3S. The van der Waals surface area contributed by atoms with E-state index >= 15 is 0 Å². The minimum Gasteiger partial charge on any atom is -0.345 e. The summed E-state index contributed by atoms with van der Waals surface area (Å²) in [5.41, 5.74) is 3.27. The predicted molar refractivity (Wildman–Crippen MR) is 94.5 cm³/mol. The predicted octanol–water partition coefficient (Wildman–Crippen LogP) is 2.87. The Bertz CT molecular complexity index is 862. The molecule has 0 saturated carbocycles. The minimum absolute atomic E-state index is 0.00558. The van der Waals surface area contributed by atoms with Crippen molar-refractivity contribution in [2.24, 2.45) is 0 Å². The lowest BCUT2D eigenvalue weighted by Crippen LogP contribution is -2.31. The van der Waals surface area contributed by atoms with Gasteiger partial charge in [-0.25, -0.2) is 8.42 Å². The first-order valence-electron chi connectivity index (χ1n) is 7.89. The number of fused-ring (bicyclic) bond motifs is 1. The van der Waals surface area contributed by atoms with Gasteiger partial charge in [0.05, 0.1) is 12.3 Å². The molecule has 24 heavy (non-hydrogen) atoms. The number of hydrogen-bond donors (Lipinski definition) is 2. The van der Waals surface area contributed by atoms with Crippen molar-refractivity contribution in [1.82, 2.24) is 5.32 Å². The fraction of sp³-hybridized carbons (Fsp3) is 0.278. The van der Waals surface area contributed by atoms with Crippen LogP contribution in [0, 0.1) is 0 Å². The fourth-order valence-electron chi connectivity index (χ4n) is 3.08. The highest BCUT2D eigenvalue weighted by atomic mass is 32.2. The second-order valence-electron chi connectivity index (χ2n) is 6.07. The standard InChI is InChI=1S/C18H20N2O3S/c1-24(22,23)20-15-9-4-8-14(12-15)18(21)19-17-11-5-7-13-6-2-3-10-16(13)17/h2-4,6,8-10,12,17,20H,5,7,11H2,1H3,(H,19,21)/t17-/m1/s1. The average Bonchev–Trinajstić information content (AvgIpc) is 2.54. The van der Waals surface area contributed by atoms with E-state index in [4.69, 9.17) is 0 Å². The van der Waals surface area contributed by atoms with E-state index in [-0.39, 0.29) is 11.9 Å². The number of rotatable bonds is 4. The van der Waals surface area contributed by atoms with Gasteiger partial charge in [-0.1, -0.05) is 30.3 Å². The summed E-state index contributed by atoms with van der Waals surface area (Å²) < 4.78 is 25.0. The van der Waals surface area contributed by atoms with Crippen molar-refractivity contribution in [2.75, 3.05) is 11.0 Å². The Morgan fingerprint density at radius 2 is 1.92 bits per heavy atom. The van der Waals surface area contributed by atoms with Gasteiger partial charge in [-0.3, -0.25) is 9.52 Å². The van der Waals surface area contributed by atoms with Crippen molar-refractivity contribution in [1.29, 1.82) is 0 Å². The quantitative estimate of drug-likeness (QED) is 0.895. The van der Waals surface area contributed by atoms with Crippen LogP contribution in [-0.4, -0.2) is 20.6 Å². The molecule has 0 aliphatic heterocycles. The molecule has 1 amide bonds. The largest absolute Gasteiger partial charge is 0.345 e. The second kappa shape index (κ2) is 6.65. The van der Waals surface area contributed by atoms with E-state index in [1.54, 1.807) is 24.3 Å². The van der Waals surface area contributed by atoms with Crippen LogP contribution in [0.2, 0.25) is 0 Å². The Balaban J connectivity index is 1.78. The summed E-state index contributed by atoms with van der Waals surface area (Å²) in [5, 5.41) is 3.07. The molecule has 0 fully saturated rings. The van der Waals surface area contributed by atoms with E-state index in [1.807, 2.05) is 12.1 Å². The number of carbonyl (C=O) groups excluding carboxylic acids is 1. The second-order valence-corrected chi connectivity index (χ2v) is 7.82. The number of benzene rings is 2. The summed E-state index contributed by atoms with van der Waals surface area (Å²) in [4.78, 5) is 12.6. The van der Waals surface area contributed by atoms with Crippen LogP contribution in [0.3, 0.4) is 0 Å². The van der Waals surface area contributed by atoms with Gasteiger partial charge in [-0.2, -0.15) is 0 Å². The molecule has 1 aliphatic carbocycles. The lowest BCUT2D eigenvalue weighted by Gasteiger charge is -2.26. The van der Waals surface area contributed by atoms with Gasteiger partial charge in [0.1, 0.15) is 0 Å². The number of sulfonamides is 1. The molecule has 0 saturated heterocycles. The summed E-state index contributed by atoms with van der Waals surface area (Å²) >= 11 is 0. The first-order valence-corrected chi connectivity index (χ1v) is 9.78. The van der Waals surface area contributed by atoms with Crippen LogP contribution in [0.5, 0.6) is 0 Å². The van der Waals surface area contributed by atoms with Crippen LogP contribution < -0.4 is 10.0 Å². The van der Waals surface area contributed by atoms with Gasteiger partial charge < -0.3 is 5.32 Å². The number of nitrogens with one attached hydrogen (secondary N) is 2. The number of hydrogen-bond acceptors (Lipinski definition) is 3. The Hall–Kier alpha value is -2.34. The van der Waals surface area contributed by atoms with Crippen LogP contribution in [-0.2, 0) is 16.4 Å². The van der Waals surface area contributed by atoms with Crippen LogP contribution in [0.25, 0.3) is 0 Å². The van der Waals surface area contributed by atoms with Gasteiger partial charge in [-0.15, -0.1) is 0 Å². The smallest absolute Gasteiger partial charge is 0.251 e. The number of carbonyl (C=O) groups is 1. The molecule has 0 unspecified atom stereocenters. The zero-order valence-corrected chi connectivity index (χ0v) is 14.3. The third kappa shape index (κ3) is 3.94. The maximum atomic E-state index is 12.6. The minimum atomic E-state index is -3.37. The van der Waals surface area contributed by atoms with Crippen molar-refractivity contribution in [3.05, 3.63) is 65.2 Å². The van der Waals surface area contributed by atoms with E-state index in [2.05, 4.69) is 22.2 Å². The van der Waals surface area contributed by atoms with E-state index in [0.29, 0.717) is 11.3 Å². The molecule has 1 aliphatic rings. The van der Waals surface area contributed by atoms with Crippen molar-refractivity contribution < 1.29 is 13.2 Å². The Kier molecular flexibility index (Phi) is 4.57. The molecule has 5 nitrogen and oxygen atoms in total. The lowest BCUT2D eigenvalue weighted by molar-refractivity contribution is 0.0933. The van der Waals surface area contributed by atoms with E-state index in [1.165, 1.54) is 11.1 Å². The molecule has 1 atom stereocenters. The molecule has 2 N–H and O–H groups in total. The molecule has 2 aromatic carbocycles. The molecular weight excluding hydrogens is 324 g/mol. The SMILES string of the molecule is CS(=O)(=O)Nc1cccc(C(=O)N[C@@H]2CCCc3ccccc32)c1. The fourth-order valence-corrected chi connectivity index (χ4v) is 3.64. The van der Waals surface area contributed by atoms with E-state index in [0.717, 1.165) is 25.5 Å². The maximum absolute atomic E-state index is 12.6. The number of anilines is 1. The number of amides is 1. The average molecular weight is 344 g/mol. The van der Waals surface area contributed by atoms with Gasteiger partial charge in [0.2, 0.25) is 10.0 Å². The molecule has 0 radical (unpaired) electrons. The highest BCUT2D eigenvalue weighted by Gasteiger charge is 2.22. The first kappa shape index (κ1) is 16.5. The van der Waals surface area contributed by atoms with Crippen molar-refractivity contribution in [2.45, 2.75) is 25.3 Å². The molecule has 0 aromatic heterocycles. The zero-order chi connectivity index (χ0) is 17.2. The van der Waals surface area contributed by atoms with E-state index < -0.39 is 10.0 Å². The highest BCUT2D eigenvalue weighted by Crippen LogP contribution is 2.29. The van der Waals surface area contributed by atoms with Crippen molar-refractivity contribution in [3.63, 3.8) is 0 Å². The zero-order valence-electron chi connectivity index (χ0n) is 13.5. The molecule has 0 spiro atoms.